The van der Waals surface area contributed by atoms with Gasteiger partial charge in [0.05, 0.1) is 4.90 Å². The smallest absolute Gasteiger partial charge is 0.331 e. The fraction of sp³-hybridized carbons (Fsp3) is 0.125. The summed E-state index contributed by atoms with van der Waals surface area (Å²) in [4.78, 5) is 10.5. The molecule has 0 aromatic heterocycles. The highest BCUT2D eigenvalue weighted by atomic mass is 35.5. The molecular formula is C8H7ClO4S. The van der Waals surface area contributed by atoms with Crippen LogP contribution in [0.2, 0.25) is 5.02 Å². The highest BCUT2D eigenvalue weighted by Gasteiger charge is 2.06. The molecule has 1 rings (SSSR count). The zero-order valence-corrected chi connectivity index (χ0v) is 8.55. The molecule has 0 fully saturated rings. The van der Waals surface area contributed by atoms with Gasteiger partial charge in [-0.25, -0.2) is 9.00 Å². The first-order valence-electron chi connectivity index (χ1n) is 3.62. The maximum absolute atomic E-state index is 11.2. The third-order valence-corrected chi connectivity index (χ3v) is 2.54. The number of hydrogen-bond donors (Lipinski definition) is 1. The van der Waals surface area contributed by atoms with Crippen LogP contribution in [0, 0.1) is 0 Å². The molecule has 1 N–H and O–H groups in total. The van der Waals surface area contributed by atoms with Crippen molar-refractivity contribution in [3.8, 4) is 0 Å². The highest BCUT2D eigenvalue weighted by molar-refractivity contribution is 7.80. The van der Waals surface area contributed by atoms with Gasteiger partial charge in [-0.15, -0.1) is 0 Å². The van der Waals surface area contributed by atoms with Crippen LogP contribution in [0.1, 0.15) is 0 Å². The molecule has 1 atom stereocenters. The number of carboxylic acids is 1. The summed E-state index contributed by atoms with van der Waals surface area (Å²) in [6.07, 6.45) is 0. The van der Waals surface area contributed by atoms with E-state index in [4.69, 9.17) is 16.7 Å². The largest absolute Gasteiger partial charge is 0.479 e. The lowest BCUT2D eigenvalue weighted by atomic mass is 10.4. The quantitative estimate of drug-likeness (QED) is 0.857. The summed E-state index contributed by atoms with van der Waals surface area (Å²) in [5.41, 5.74) is 0. The van der Waals surface area contributed by atoms with Gasteiger partial charge in [0.1, 0.15) is 0 Å². The van der Waals surface area contributed by atoms with Crippen molar-refractivity contribution in [3.05, 3.63) is 29.3 Å². The van der Waals surface area contributed by atoms with E-state index in [2.05, 4.69) is 4.18 Å². The van der Waals surface area contributed by atoms with Crippen molar-refractivity contribution >= 4 is 28.7 Å². The molecule has 0 saturated carbocycles. The van der Waals surface area contributed by atoms with Crippen molar-refractivity contribution < 1.29 is 18.3 Å². The van der Waals surface area contributed by atoms with E-state index in [-0.39, 0.29) is 0 Å². The lowest BCUT2D eigenvalue weighted by molar-refractivity contribution is -0.139. The maximum Gasteiger partial charge on any atom is 0.331 e. The van der Waals surface area contributed by atoms with Gasteiger partial charge in [-0.2, -0.15) is 0 Å². The molecule has 0 heterocycles. The minimum absolute atomic E-state index is 0.385. The van der Waals surface area contributed by atoms with Crippen molar-refractivity contribution in [2.24, 2.45) is 0 Å². The molecule has 14 heavy (non-hydrogen) atoms. The number of carbonyl (C=O) groups is 1. The standard InChI is InChI=1S/C8H7ClO4S/c9-6-1-3-7(4-2-6)14(12)13-5-8(10)11/h1-4H,5H2,(H,10,11). The van der Waals surface area contributed by atoms with E-state index in [0.29, 0.717) is 9.92 Å². The topological polar surface area (TPSA) is 63.6 Å². The molecule has 1 unspecified atom stereocenters. The molecule has 6 heteroatoms. The first kappa shape index (κ1) is 11.2. The van der Waals surface area contributed by atoms with Crippen LogP contribution >= 0.6 is 11.6 Å². The molecule has 1 aromatic rings. The second-order valence-electron chi connectivity index (χ2n) is 2.34. The molecule has 0 saturated heterocycles. The number of aliphatic carboxylic acids is 1. The van der Waals surface area contributed by atoms with Crippen LogP contribution in [0.4, 0.5) is 0 Å². The predicted octanol–water partition coefficient (Wildman–Crippen LogP) is 1.46. The van der Waals surface area contributed by atoms with E-state index in [0.717, 1.165) is 0 Å². The predicted molar refractivity (Wildman–Crippen MR) is 51.4 cm³/mol. The SMILES string of the molecule is O=C(O)COS(=O)c1ccc(Cl)cc1. The summed E-state index contributed by atoms with van der Waals surface area (Å²) < 4.78 is 15.8. The highest BCUT2D eigenvalue weighted by Crippen LogP contribution is 2.13. The van der Waals surface area contributed by atoms with Crippen LogP contribution in [0.5, 0.6) is 0 Å². The zero-order chi connectivity index (χ0) is 10.6. The average Bonchev–Trinajstić information content (AvgIpc) is 2.15. The fourth-order valence-electron chi connectivity index (χ4n) is 0.718. The van der Waals surface area contributed by atoms with Crippen molar-refractivity contribution in [1.29, 1.82) is 0 Å². The first-order valence-corrected chi connectivity index (χ1v) is 5.07. The lowest BCUT2D eigenvalue weighted by Gasteiger charge is -2.00. The van der Waals surface area contributed by atoms with Gasteiger partial charge in [-0.05, 0) is 24.3 Å². The summed E-state index contributed by atoms with van der Waals surface area (Å²) in [5, 5.41) is 8.79. The van der Waals surface area contributed by atoms with Crippen LogP contribution in [-0.4, -0.2) is 21.9 Å². The Morgan fingerprint density at radius 2 is 2.00 bits per heavy atom. The molecule has 1 aromatic carbocycles. The molecule has 0 aliphatic heterocycles. The Labute approximate surface area is 88.1 Å². The maximum atomic E-state index is 11.2. The molecule has 4 nitrogen and oxygen atoms in total. The molecule has 0 bridgehead atoms. The van der Waals surface area contributed by atoms with Gasteiger partial charge >= 0.3 is 5.97 Å². The van der Waals surface area contributed by atoms with Crippen molar-refractivity contribution in [1.82, 2.24) is 0 Å². The Bertz CT molecular complexity index is 349. The van der Waals surface area contributed by atoms with Gasteiger partial charge < -0.3 is 5.11 Å². The fourth-order valence-corrected chi connectivity index (χ4v) is 1.55. The number of hydrogen-bond acceptors (Lipinski definition) is 3. The lowest BCUT2D eigenvalue weighted by Crippen LogP contribution is -2.08. The summed E-state index contributed by atoms with van der Waals surface area (Å²) in [5.74, 6) is -1.16. The van der Waals surface area contributed by atoms with Gasteiger partial charge in [0.2, 0.25) is 0 Å². The van der Waals surface area contributed by atoms with E-state index < -0.39 is 23.7 Å². The summed E-state index contributed by atoms with van der Waals surface area (Å²) >= 11 is 3.86. The number of halogens is 1. The van der Waals surface area contributed by atoms with Crippen LogP contribution in [-0.2, 0) is 20.1 Å². The molecule has 76 valence electrons. The average molecular weight is 235 g/mol. The van der Waals surface area contributed by atoms with Crippen LogP contribution in [0.25, 0.3) is 0 Å². The van der Waals surface area contributed by atoms with E-state index in [1.807, 2.05) is 0 Å². The van der Waals surface area contributed by atoms with Crippen LogP contribution < -0.4 is 0 Å². The third kappa shape index (κ3) is 3.45. The minimum Gasteiger partial charge on any atom is -0.479 e. The summed E-state index contributed by atoms with van der Waals surface area (Å²) in [6, 6.07) is 6.14. The van der Waals surface area contributed by atoms with Crippen molar-refractivity contribution in [3.63, 3.8) is 0 Å². The Morgan fingerprint density at radius 3 is 2.50 bits per heavy atom. The Hall–Kier alpha value is -0.910. The van der Waals surface area contributed by atoms with Crippen molar-refractivity contribution in [2.45, 2.75) is 4.90 Å². The van der Waals surface area contributed by atoms with E-state index in [1.54, 1.807) is 12.1 Å². The second kappa shape index (κ2) is 5.09. The first-order chi connectivity index (χ1) is 6.59. The van der Waals surface area contributed by atoms with Gasteiger partial charge in [0, 0.05) is 5.02 Å². The summed E-state index contributed by atoms with van der Waals surface area (Å²) in [6.45, 7) is -0.588. The van der Waals surface area contributed by atoms with Crippen LogP contribution in [0.15, 0.2) is 29.2 Å². The molecule has 0 aliphatic carbocycles. The Morgan fingerprint density at radius 1 is 1.43 bits per heavy atom. The van der Waals surface area contributed by atoms with E-state index in [9.17, 15) is 9.00 Å². The molecule has 0 radical (unpaired) electrons. The van der Waals surface area contributed by atoms with Gasteiger partial charge in [0.25, 0.3) is 0 Å². The molecular weight excluding hydrogens is 228 g/mol. The zero-order valence-electron chi connectivity index (χ0n) is 6.97. The van der Waals surface area contributed by atoms with Crippen LogP contribution in [0.3, 0.4) is 0 Å². The Balaban J connectivity index is 2.61. The summed E-state index contributed by atoms with van der Waals surface area (Å²) in [7, 11) is 0. The number of carboxylic acid groups (broad SMARTS) is 1. The monoisotopic (exact) mass is 234 g/mol. The van der Waals surface area contributed by atoms with Gasteiger partial charge in [-0.3, -0.25) is 4.18 Å². The molecule has 0 amide bonds. The number of rotatable bonds is 4. The number of benzene rings is 1. The van der Waals surface area contributed by atoms with E-state index >= 15 is 0 Å². The molecule has 0 aliphatic rings. The van der Waals surface area contributed by atoms with E-state index in [1.165, 1.54) is 12.1 Å². The minimum atomic E-state index is -1.75. The Kier molecular flexibility index (Phi) is 4.06. The molecule has 0 spiro atoms. The van der Waals surface area contributed by atoms with Gasteiger partial charge in [0.15, 0.2) is 17.7 Å². The second-order valence-corrected chi connectivity index (χ2v) is 3.96. The van der Waals surface area contributed by atoms with Crippen molar-refractivity contribution in [2.75, 3.05) is 6.61 Å². The normalized spacial score (nSPS) is 12.4. The third-order valence-electron chi connectivity index (χ3n) is 1.30. The van der Waals surface area contributed by atoms with Gasteiger partial charge in [-0.1, -0.05) is 11.6 Å².